The maximum Gasteiger partial charge on any atom is 0.253 e. The Labute approximate surface area is 192 Å². The van der Waals surface area contributed by atoms with Crippen LogP contribution in [0.3, 0.4) is 0 Å². The molecule has 1 aromatic heterocycles. The summed E-state index contributed by atoms with van der Waals surface area (Å²) < 4.78 is 16.4. The fourth-order valence-corrected chi connectivity index (χ4v) is 4.07. The highest BCUT2D eigenvalue weighted by Crippen LogP contribution is 2.21. The van der Waals surface area contributed by atoms with E-state index >= 15 is 0 Å². The summed E-state index contributed by atoms with van der Waals surface area (Å²) in [5.74, 6) is 1.51. The quantitative estimate of drug-likeness (QED) is 0.525. The zero-order valence-electron chi connectivity index (χ0n) is 18.2. The van der Waals surface area contributed by atoms with Gasteiger partial charge < -0.3 is 29.4 Å². The van der Waals surface area contributed by atoms with Gasteiger partial charge in [-0.2, -0.15) is 0 Å². The normalized spacial score (nSPS) is 15.5. The number of anilines is 1. The van der Waals surface area contributed by atoms with Gasteiger partial charge in [-0.15, -0.1) is 0 Å². The maximum absolute atomic E-state index is 12.8. The summed E-state index contributed by atoms with van der Waals surface area (Å²) in [6.45, 7) is 1.73. The van der Waals surface area contributed by atoms with E-state index in [4.69, 9.17) is 26.4 Å². The zero-order chi connectivity index (χ0) is 22.5. The molecule has 0 saturated carbocycles. The number of aromatic amines is 1. The highest BCUT2D eigenvalue weighted by molar-refractivity contribution is 7.80. The molecule has 8 heteroatoms. The van der Waals surface area contributed by atoms with Gasteiger partial charge in [0.1, 0.15) is 11.5 Å². The van der Waals surface area contributed by atoms with Crippen LogP contribution in [0.5, 0.6) is 11.5 Å². The monoisotopic (exact) mass is 453 g/mol. The van der Waals surface area contributed by atoms with E-state index in [0.717, 1.165) is 47.5 Å². The molecule has 168 valence electrons. The summed E-state index contributed by atoms with van der Waals surface area (Å²) in [7, 11) is 3.26. The van der Waals surface area contributed by atoms with Crippen LogP contribution in [0.2, 0.25) is 0 Å². The van der Waals surface area contributed by atoms with E-state index in [0.29, 0.717) is 23.8 Å². The van der Waals surface area contributed by atoms with Gasteiger partial charge >= 0.3 is 0 Å². The van der Waals surface area contributed by atoms with Gasteiger partial charge in [-0.1, -0.05) is 0 Å². The molecule has 1 saturated heterocycles. The van der Waals surface area contributed by atoms with Crippen LogP contribution in [-0.4, -0.2) is 48.5 Å². The highest BCUT2D eigenvalue weighted by atomic mass is 32.1. The molecule has 1 fully saturated rings. The fourth-order valence-electron chi connectivity index (χ4n) is 3.81. The molecule has 2 N–H and O–H groups in total. The minimum absolute atomic E-state index is 0.0882. The summed E-state index contributed by atoms with van der Waals surface area (Å²) in [5.41, 5.74) is 2.12. The summed E-state index contributed by atoms with van der Waals surface area (Å²) in [5, 5.41) is 4.72. The van der Waals surface area contributed by atoms with Crippen molar-refractivity contribution in [3.63, 3.8) is 0 Å². The summed E-state index contributed by atoms with van der Waals surface area (Å²) in [6, 6.07) is 15.0. The Bertz CT molecular complexity index is 1140. The number of fused-ring (bicyclic) bond motifs is 1. The van der Waals surface area contributed by atoms with Crippen LogP contribution in [0.1, 0.15) is 18.4 Å². The van der Waals surface area contributed by atoms with Crippen molar-refractivity contribution in [1.82, 2.24) is 9.88 Å². The van der Waals surface area contributed by atoms with Gasteiger partial charge in [-0.25, -0.2) is 0 Å². The second-order valence-corrected chi connectivity index (χ2v) is 8.14. The van der Waals surface area contributed by atoms with Gasteiger partial charge in [-0.05, 0) is 73.6 Å². The van der Waals surface area contributed by atoms with Crippen molar-refractivity contribution in [2.75, 3.05) is 32.7 Å². The van der Waals surface area contributed by atoms with E-state index in [2.05, 4.69) is 10.3 Å². The van der Waals surface area contributed by atoms with Gasteiger partial charge in [0, 0.05) is 35.3 Å². The standard InChI is InChI=1S/C24H27N3O4S/c1-29-19-7-5-18(6-8-19)25-24(32)27(15-21-4-3-11-31-21)14-17-12-16-13-20(30-2)9-10-22(16)26-23(17)28/h5-10,12-13,21H,3-4,11,14-15H2,1-2H3,(H,25,32)(H,26,28)/t21-/m1/s1. The Morgan fingerprint density at radius 2 is 1.91 bits per heavy atom. The Hall–Kier alpha value is -3.10. The van der Waals surface area contributed by atoms with Crippen LogP contribution in [-0.2, 0) is 11.3 Å². The number of hydrogen-bond acceptors (Lipinski definition) is 5. The van der Waals surface area contributed by atoms with Crippen molar-refractivity contribution in [3.8, 4) is 11.5 Å². The number of nitrogens with zero attached hydrogens (tertiary/aromatic N) is 1. The number of rotatable bonds is 7. The molecule has 1 aliphatic heterocycles. The van der Waals surface area contributed by atoms with Gasteiger partial charge in [0.2, 0.25) is 0 Å². The number of aromatic nitrogens is 1. The largest absolute Gasteiger partial charge is 0.497 e. The van der Waals surface area contributed by atoms with E-state index in [-0.39, 0.29) is 11.7 Å². The van der Waals surface area contributed by atoms with Crippen molar-refractivity contribution in [2.24, 2.45) is 0 Å². The molecule has 7 nitrogen and oxygen atoms in total. The van der Waals surface area contributed by atoms with Gasteiger partial charge in [0.05, 0.1) is 26.9 Å². The molecule has 0 aliphatic carbocycles. The molecule has 0 spiro atoms. The molecule has 1 aliphatic rings. The third kappa shape index (κ3) is 5.20. The van der Waals surface area contributed by atoms with Crippen LogP contribution in [0.4, 0.5) is 5.69 Å². The second kappa shape index (κ2) is 10.0. The number of hydrogen-bond donors (Lipinski definition) is 2. The number of pyridine rings is 1. The first-order valence-electron chi connectivity index (χ1n) is 10.6. The lowest BCUT2D eigenvalue weighted by atomic mass is 10.1. The van der Waals surface area contributed by atoms with Crippen molar-refractivity contribution in [1.29, 1.82) is 0 Å². The Kier molecular flexibility index (Phi) is 6.92. The van der Waals surface area contributed by atoms with Crippen molar-refractivity contribution < 1.29 is 14.2 Å². The van der Waals surface area contributed by atoms with Crippen molar-refractivity contribution in [3.05, 3.63) is 64.4 Å². The van der Waals surface area contributed by atoms with Gasteiger partial charge in [0.15, 0.2) is 5.11 Å². The lowest BCUT2D eigenvalue weighted by molar-refractivity contribution is 0.0904. The summed E-state index contributed by atoms with van der Waals surface area (Å²) >= 11 is 5.73. The number of thiocarbonyl (C=S) groups is 1. The Morgan fingerprint density at radius 3 is 2.59 bits per heavy atom. The molecule has 0 bridgehead atoms. The number of nitrogens with one attached hydrogen (secondary N) is 2. The Morgan fingerprint density at radius 1 is 1.16 bits per heavy atom. The van der Waals surface area contributed by atoms with Gasteiger partial charge in [-0.3, -0.25) is 4.79 Å². The molecule has 0 unspecified atom stereocenters. The first-order valence-corrected chi connectivity index (χ1v) is 11.0. The van der Waals surface area contributed by atoms with E-state index in [1.807, 2.05) is 53.4 Å². The van der Waals surface area contributed by atoms with E-state index in [1.54, 1.807) is 14.2 Å². The number of H-pyrrole nitrogens is 1. The topological polar surface area (TPSA) is 75.8 Å². The number of methoxy groups -OCH3 is 2. The lowest BCUT2D eigenvalue weighted by Crippen LogP contribution is -2.40. The predicted molar refractivity (Wildman–Crippen MR) is 130 cm³/mol. The molecule has 0 amide bonds. The molecular formula is C24H27N3O4S. The molecule has 2 aromatic carbocycles. The minimum Gasteiger partial charge on any atom is -0.497 e. The number of benzene rings is 2. The average Bonchev–Trinajstić information content (AvgIpc) is 3.32. The predicted octanol–water partition coefficient (Wildman–Crippen LogP) is 3.92. The molecular weight excluding hydrogens is 426 g/mol. The van der Waals surface area contributed by atoms with Crippen LogP contribution in [0, 0.1) is 0 Å². The first kappa shape index (κ1) is 22.1. The molecule has 4 rings (SSSR count). The third-order valence-electron chi connectivity index (χ3n) is 5.57. The second-order valence-electron chi connectivity index (χ2n) is 7.75. The lowest BCUT2D eigenvalue weighted by Gasteiger charge is -2.28. The summed E-state index contributed by atoms with van der Waals surface area (Å²) in [4.78, 5) is 17.7. The van der Waals surface area contributed by atoms with E-state index in [1.165, 1.54) is 0 Å². The Balaban J connectivity index is 1.58. The highest BCUT2D eigenvalue weighted by Gasteiger charge is 2.22. The van der Waals surface area contributed by atoms with E-state index in [9.17, 15) is 4.79 Å². The maximum atomic E-state index is 12.8. The van der Waals surface area contributed by atoms with Crippen LogP contribution < -0.4 is 20.3 Å². The van der Waals surface area contributed by atoms with Crippen LogP contribution in [0.25, 0.3) is 10.9 Å². The fraction of sp³-hybridized carbons (Fsp3) is 0.333. The third-order valence-corrected chi connectivity index (χ3v) is 5.93. The first-order chi connectivity index (χ1) is 15.6. The molecule has 3 aromatic rings. The number of ether oxygens (including phenoxy) is 3. The van der Waals surface area contributed by atoms with Crippen LogP contribution >= 0.6 is 12.2 Å². The zero-order valence-corrected chi connectivity index (χ0v) is 19.0. The SMILES string of the molecule is COc1ccc(NC(=S)N(Cc2cc3cc(OC)ccc3[nH]c2=O)C[C@H]2CCCO2)cc1. The smallest absolute Gasteiger partial charge is 0.253 e. The minimum atomic E-state index is -0.132. The molecule has 1 atom stereocenters. The van der Waals surface area contributed by atoms with Crippen molar-refractivity contribution in [2.45, 2.75) is 25.5 Å². The summed E-state index contributed by atoms with van der Waals surface area (Å²) in [6.07, 6.45) is 2.10. The molecule has 0 radical (unpaired) electrons. The van der Waals surface area contributed by atoms with Gasteiger partial charge in [0.25, 0.3) is 5.56 Å². The van der Waals surface area contributed by atoms with E-state index < -0.39 is 0 Å². The molecule has 32 heavy (non-hydrogen) atoms. The van der Waals surface area contributed by atoms with Crippen molar-refractivity contribution >= 4 is 33.9 Å². The molecule has 2 heterocycles. The average molecular weight is 454 g/mol. The van der Waals surface area contributed by atoms with Crippen LogP contribution in [0.15, 0.2) is 53.3 Å².